The molecule has 4 aromatic rings. The molecular weight excluding hydrogens is 682 g/mol. The number of aromatic nitrogens is 1. The summed E-state index contributed by atoms with van der Waals surface area (Å²) in [6.07, 6.45) is 3.11. The van der Waals surface area contributed by atoms with Crippen LogP contribution in [0.2, 0.25) is 5.02 Å². The van der Waals surface area contributed by atoms with Crippen LogP contribution in [0.1, 0.15) is 42.1 Å². The van der Waals surface area contributed by atoms with Gasteiger partial charge in [0.1, 0.15) is 12.4 Å². The predicted octanol–water partition coefficient (Wildman–Crippen LogP) is 5.68. The zero-order valence-corrected chi connectivity index (χ0v) is 27.7. The first-order valence-corrected chi connectivity index (χ1v) is 15.9. The second-order valence-electron chi connectivity index (χ2n) is 9.61. The summed E-state index contributed by atoms with van der Waals surface area (Å²) >= 11 is 11.1. The lowest BCUT2D eigenvalue weighted by Gasteiger charge is -2.23. The van der Waals surface area contributed by atoms with Crippen molar-refractivity contribution in [1.29, 1.82) is 5.26 Å². The molecule has 2 heterocycles. The van der Waals surface area contributed by atoms with Crippen molar-refractivity contribution in [2.45, 2.75) is 26.5 Å². The van der Waals surface area contributed by atoms with Gasteiger partial charge in [-0.05, 0) is 71.7 Å². The fourth-order valence-electron chi connectivity index (χ4n) is 4.87. The van der Waals surface area contributed by atoms with Crippen molar-refractivity contribution in [1.82, 2.24) is 4.57 Å². The van der Waals surface area contributed by atoms with Gasteiger partial charge >= 0.3 is 5.97 Å². The summed E-state index contributed by atoms with van der Waals surface area (Å²) in [4.78, 5) is 31.9. The summed E-state index contributed by atoms with van der Waals surface area (Å²) in [6.45, 7) is 4.69. The molecule has 0 amide bonds. The summed E-state index contributed by atoms with van der Waals surface area (Å²) in [7, 11) is 1.28. The molecule has 0 radical (unpaired) electrons. The molecule has 1 aromatic heterocycles. The number of methoxy groups -OCH3 is 1. The number of benzene rings is 3. The molecule has 1 aliphatic rings. The Morgan fingerprint density at radius 2 is 1.87 bits per heavy atom. The van der Waals surface area contributed by atoms with Crippen LogP contribution in [0, 0.1) is 11.3 Å². The molecule has 3 aromatic carbocycles. The second-order valence-corrected chi connectivity index (χ2v) is 11.9. The molecule has 5 rings (SSSR count). The van der Waals surface area contributed by atoms with Gasteiger partial charge in [-0.1, -0.05) is 47.2 Å². The maximum absolute atomic E-state index is 14.1. The number of carbonyl (C=O) groups is 1. The van der Waals surface area contributed by atoms with Crippen molar-refractivity contribution in [2.24, 2.45) is 4.99 Å². The van der Waals surface area contributed by atoms with E-state index in [4.69, 9.17) is 30.5 Å². The van der Waals surface area contributed by atoms with Crippen LogP contribution in [-0.4, -0.2) is 30.9 Å². The van der Waals surface area contributed by atoms with E-state index in [-0.39, 0.29) is 17.7 Å². The number of halogens is 2. The smallest absolute Gasteiger partial charge is 0.337 e. The largest absolute Gasteiger partial charge is 0.490 e. The Bertz CT molecular complexity index is 2030. The molecule has 12 heteroatoms. The fourth-order valence-corrected chi connectivity index (χ4v) is 6.78. The number of fused-ring (bicyclic) bond motifs is 1. The average molecular weight is 709 g/mol. The van der Waals surface area contributed by atoms with Crippen LogP contribution in [0.5, 0.6) is 17.2 Å². The topological polar surface area (TPSA) is 112 Å². The third kappa shape index (κ3) is 6.68. The highest BCUT2D eigenvalue weighted by Crippen LogP contribution is 2.36. The lowest BCUT2D eigenvalue weighted by atomic mass is 9.97. The fraction of sp³-hybridized carbons (Fsp3) is 0.212. The number of thiazole rings is 1. The van der Waals surface area contributed by atoms with Crippen LogP contribution in [0.3, 0.4) is 0 Å². The van der Waals surface area contributed by atoms with Gasteiger partial charge in [-0.25, -0.2) is 9.79 Å². The van der Waals surface area contributed by atoms with Crippen molar-refractivity contribution in [3.63, 3.8) is 0 Å². The van der Waals surface area contributed by atoms with E-state index in [1.807, 2.05) is 26.0 Å². The summed E-state index contributed by atoms with van der Waals surface area (Å²) in [5, 5.41) is 9.91. The molecule has 0 saturated carbocycles. The molecule has 0 unspecified atom stereocenters. The Balaban J connectivity index is 1.63. The summed E-state index contributed by atoms with van der Waals surface area (Å²) < 4.78 is 25.2. The van der Waals surface area contributed by atoms with E-state index in [1.165, 1.54) is 17.9 Å². The maximum Gasteiger partial charge on any atom is 0.337 e. The molecule has 1 aliphatic heterocycles. The Hall–Kier alpha value is -4.37. The molecule has 0 aliphatic carbocycles. The van der Waals surface area contributed by atoms with Crippen molar-refractivity contribution >= 4 is 50.9 Å². The Kier molecular flexibility index (Phi) is 10.1. The number of nitrogens with zero attached hydrogens (tertiary/aromatic N) is 3. The Morgan fingerprint density at radius 1 is 1.11 bits per heavy atom. The number of carbonyl (C=O) groups excluding carboxylic acids is 1. The van der Waals surface area contributed by atoms with Crippen molar-refractivity contribution < 1.29 is 23.7 Å². The minimum Gasteiger partial charge on any atom is -0.490 e. The van der Waals surface area contributed by atoms with Crippen LogP contribution in [-0.2, 0) is 16.1 Å². The van der Waals surface area contributed by atoms with Crippen LogP contribution >= 0.6 is 38.9 Å². The highest BCUT2D eigenvalue weighted by Gasteiger charge is 2.31. The first-order valence-electron chi connectivity index (χ1n) is 13.9. The number of nitriles is 1. The van der Waals surface area contributed by atoms with Crippen LogP contribution in [0.15, 0.2) is 80.6 Å². The SMILES string of the molecule is CCOc1ccc([C@H]2C(C(=O)OC)=CN=c3s/c(=C/c4cc(Cl)cc(Br)c4OCc4ccccc4C#N)c(=O)n32)cc1OCC. The van der Waals surface area contributed by atoms with Gasteiger partial charge in [0.25, 0.3) is 5.56 Å². The zero-order chi connectivity index (χ0) is 32.1. The van der Waals surface area contributed by atoms with E-state index in [0.717, 1.165) is 11.3 Å². The number of hydrogen-bond acceptors (Lipinski definition) is 9. The molecule has 0 N–H and O–H groups in total. The molecule has 45 heavy (non-hydrogen) atoms. The highest BCUT2D eigenvalue weighted by molar-refractivity contribution is 9.10. The van der Waals surface area contributed by atoms with Crippen LogP contribution in [0.25, 0.3) is 6.08 Å². The minimum atomic E-state index is -0.838. The average Bonchev–Trinajstić information content (AvgIpc) is 3.35. The number of ether oxygens (including phenoxy) is 4. The summed E-state index contributed by atoms with van der Waals surface area (Å²) in [5.41, 5.74) is 2.19. The third-order valence-corrected chi connectivity index (χ3v) is 8.65. The van der Waals surface area contributed by atoms with Gasteiger partial charge in [0, 0.05) is 22.3 Å². The zero-order valence-electron chi connectivity index (χ0n) is 24.5. The maximum atomic E-state index is 14.1. The first-order chi connectivity index (χ1) is 21.8. The van der Waals surface area contributed by atoms with Gasteiger partial charge in [-0.15, -0.1) is 0 Å². The molecule has 230 valence electrons. The lowest BCUT2D eigenvalue weighted by Crippen LogP contribution is -2.39. The summed E-state index contributed by atoms with van der Waals surface area (Å²) in [5.74, 6) is 0.869. The van der Waals surface area contributed by atoms with Gasteiger partial charge < -0.3 is 18.9 Å². The minimum absolute atomic E-state index is 0.119. The molecule has 0 saturated heterocycles. The van der Waals surface area contributed by atoms with E-state index in [1.54, 1.807) is 48.5 Å². The van der Waals surface area contributed by atoms with Gasteiger partial charge in [-0.3, -0.25) is 9.36 Å². The molecule has 1 atom stereocenters. The number of rotatable bonds is 10. The molecular formula is C33H27BrClN3O6S. The predicted molar refractivity (Wildman–Crippen MR) is 175 cm³/mol. The second kappa shape index (κ2) is 14.2. The van der Waals surface area contributed by atoms with Gasteiger partial charge in [0.15, 0.2) is 16.3 Å². The van der Waals surface area contributed by atoms with Gasteiger partial charge in [0.05, 0.1) is 52.6 Å². The number of hydrogen-bond donors (Lipinski definition) is 0. The van der Waals surface area contributed by atoms with Gasteiger partial charge in [0.2, 0.25) is 0 Å². The number of esters is 1. The monoisotopic (exact) mass is 707 g/mol. The quantitative estimate of drug-likeness (QED) is 0.195. The standard InChI is InChI=1S/C33H27BrClN3O6S/c1-4-42-26-11-10-19(13-27(26)43-5-2)29-24(32(40)41-3)17-37-33-38(29)31(39)28(45-33)14-22-12-23(35)15-25(34)30(22)44-18-21-9-7-6-8-20(21)16-36/h6-15,17,29H,4-5,18H2,1-3H3/b28-14+/t29-/m0/s1. The van der Waals surface area contributed by atoms with E-state index >= 15 is 0 Å². The van der Waals surface area contributed by atoms with E-state index in [2.05, 4.69) is 27.0 Å². The van der Waals surface area contributed by atoms with Crippen LogP contribution < -0.4 is 29.1 Å². The summed E-state index contributed by atoms with van der Waals surface area (Å²) in [6, 6.07) is 17.2. The van der Waals surface area contributed by atoms with E-state index in [9.17, 15) is 14.9 Å². The van der Waals surface area contributed by atoms with Crippen LogP contribution in [0.4, 0.5) is 0 Å². The lowest BCUT2D eigenvalue weighted by molar-refractivity contribution is -0.136. The Labute approximate surface area is 276 Å². The van der Waals surface area contributed by atoms with Crippen molar-refractivity contribution in [3.05, 3.63) is 118 Å². The third-order valence-electron chi connectivity index (χ3n) is 6.84. The normalized spacial score (nSPS) is 14.1. The molecule has 0 spiro atoms. The first kappa shape index (κ1) is 32.0. The molecule has 0 fully saturated rings. The van der Waals surface area contributed by atoms with Crippen molar-refractivity contribution in [2.75, 3.05) is 20.3 Å². The molecule has 9 nitrogen and oxygen atoms in total. The van der Waals surface area contributed by atoms with Gasteiger partial charge in [-0.2, -0.15) is 5.26 Å². The van der Waals surface area contributed by atoms with E-state index in [0.29, 0.717) is 71.5 Å². The molecule has 0 bridgehead atoms. The van der Waals surface area contributed by atoms with E-state index < -0.39 is 12.0 Å². The Morgan fingerprint density at radius 3 is 2.60 bits per heavy atom. The van der Waals surface area contributed by atoms with Crippen molar-refractivity contribution in [3.8, 4) is 23.3 Å². The highest BCUT2D eigenvalue weighted by atomic mass is 79.9.